The third-order valence-corrected chi connectivity index (χ3v) is 4.98. The van der Waals surface area contributed by atoms with Gasteiger partial charge in [0, 0.05) is 21.4 Å². The Morgan fingerprint density at radius 1 is 1.35 bits per heavy atom. The number of H-pyrrole nitrogens is 1. The minimum atomic E-state index is 0.00634. The van der Waals surface area contributed by atoms with Crippen LogP contribution >= 0.6 is 15.9 Å². The summed E-state index contributed by atoms with van der Waals surface area (Å²) in [4.78, 5) is 15.6. The van der Waals surface area contributed by atoms with Gasteiger partial charge in [0.05, 0.1) is 0 Å². The van der Waals surface area contributed by atoms with E-state index in [0.717, 1.165) is 21.8 Å². The maximum Gasteiger partial charge on any atom is 0.267 e. The monoisotopic (exact) mass is 334 g/mol. The van der Waals surface area contributed by atoms with E-state index in [-0.39, 0.29) is 5.91 Å². The van der Waals surface area contributed by atoms with E-state index in [2.05, 4.69) is 33.2 Å². The van der Waals surface area contributed by atoms with Crippen LogP contribution in [-0.2, 0) is 0 Å². The van der Waals surface area contributed by atoms with Crippen molar-refractivity contribution in [3.63, 3.8) is 0 Å². The quantitative estimate of drug-likeness (QED) is 0.847. The molecular formula is C16H19BrN2O. The molecule has 106 valence electrons. The van der Waals surface area contributed by atoms with Crippen molar-refractivity contribution in [1.29, 1.82) is 0 Å². The zero-order chi connectivity index (χ0) is 14.1. The van der Waals surface area contributed by atoms with E-state index >= 15 is 0 Å². The summed E-state index contributed by atoms with van der Waals surface area (Å²) in [6, 6.07) is 8.17. The summed E-state index contributed by atoms with van der Waals surface area (Å²) in [5, 5.41) is 4.23. The van der Waals surface area contributed by atoms with Crippen LogP contribution in [0.25, 0.3) is 10.9 Å². The van der Waals surface area contributed by atoms with Crippen LogP contribution in [0, 0.1) is 5.92 Å². The van der Waals surface area contributed by atoms with Gasteiger partial charge in [-0.15, -0.1) is 0 Å². The van der Waals surface area contributed by atoms with Crippen molar-refractivity contribution < 1.29 is 4.79 Å². The van der Waals surface area contributed by atoms with Crippen LogP contribution in [0.1, 0.15) is 43.1 Å². The SMILES string of the molecule is C[C@H]1CCCC[C@H]1NC(=O)c1cc2c(Br)cccc2[nH]1. The predicted octanol–water partition coefficient (Wildman–Crippen LogP) is 4.24. The second kappa shape index (κ2) is 5.60. The first-order valence-electron chi connectivity index (χ1n) is 7.23. The minimum absolute atomic E-state index is 0.00634. The number of halogens is 1. The molecule has 0 aliphatic heterocycles. The van der Waals surface area contributed by atoms with Gasteiger partial charge < -0.3 is 10.3 Å². The number of amides is 1. The smallest absolute Gasteiger partial charge is 0.267 e. The van der Waals surface area contributed by atoms with Gasteiger partial charge in [0.1, 0.15) is 5.69 Å². The van der Waals surface area contributed by atoms with E-state index in [1.807, 2.05) is 24.3 Å². The Balaban J connectivity index is 1.80. The number of aromatic nitrogens is 1. The Morgan fingerprint density at radius 3 is 2.90 bits per heavy atom. The van der Waals surface area contributed by atoms with Crippen molar-refractivity contribution in [3.8, 4) is 0 Å². The van der Waals surface area contributed by atoms with Gasteiger partial charge in [-0.3, -0.25) is 4.79 Å². The molecule has 1 aliphatic rings. The zero-order valence-corrected chi connectivity index (χ0v) is 13.2. The van der Waals surface area contributed by atoms with Gasteiger partial charge in [0.25, 0.3) is 5.91 Å². The predicted molar refractivity (Wildman–Crippen MR) is 84.9 cm³/mol. The molecule has 3 nitrogen and oxygen atoms in total. The fourth-order valence-corrected chi connectivity index (χ4v) is 3.50. The molecule has 0 radical (unpaired) electrons. The van der Waals surface area contributed by atoms with Gasteiger partial charge in [-0.2, -0.15) is 0 Å². The molecule has 1 aromatic heterocycles. The van der Waals surface area contributed by atoms with Gasteiger partial charge in [-0.25, -0.2) is 0 Å². The van der Waals surface area contributed by atoms with Gasteiger partial charge in [0.15, 0.2) is 0 Å². The summed E-state index contributed by atoms with van der Waals surface area (Å²) in [6.07, 6.45) is 4.81. The molecule has 2 atom stereocenters. The molecule has 20 heavy (non-hydrogen) atoms. The molecule has 2 N–H and O–H groups in total. The number of hydrogen-bond acceptors (Lipinski definition) is 1. The molecular weight excluding hydrogens is 316 g/mol. The van der Waals surface area contributed by atoms with Crippen LogP contribution in [0.15, 0.2) is 28.7 Å². The lowest BCUT2D eigenvalue weighted by Crippen LogP contribution is -2.41. The Labute approximate surface area is 127 Å². The summed E-state index contributed by atoms with van der Waals surface area (Å²) in [5.74, 6) is 0.579. The first-order valence-corrected chi connectivity index (χ1v) is 8.02. The Hall–Kier alpha value is -1.29. The highest BCUT2D eigenvalue weighted by Gasteiger charge is 2.23. The Kier molecular flexibility index (Phi) is 3.83. The largest absolute Gasteiger partial charge is 0.350 e. The van der Waals surface area contributed by atoms with Crippen molar-refractivity contribution in [2.45, 2.75) is 38.6 Å². The van der Waals surface area contributed by atoms with Gasteiger partial charge in [-0.05, 0) is 37.0 Å². The van der Waals surface area contributed by atoms with Gasteiger partial charge in [0.2, 0.25) is 0 Å². The molecule has 3 rings (SSSR count). The third kappa shape index (κ3) is 2.62. The normalized spacial score (nSPS) is 22.9. The van der Waals surface area contributed by atoms with E-state index in [0.29, 0.717) is 17.7 Å². The van der Waals surface area contributed by atoms with E-state index < -0.39 is 0 Å². The number of nitrogens with one attached hydrogen (secondary N) is 2. The third-order valence-electron chi connectivity index (χ3n) is 4.28. The Bertz CT molecular complexity index is 634. The van der Waals surface area contributed by atoms with Crippen LogP contribution in [0.3, 0.4) is 0 Å². The Morgan fingerprint density at radius 2 is 2.15 bits per heavy atom. The number of carbonyl (C=O) groups is 1. The average Bonchev–Trinajstić information content (AvgIpc) is 2.87. The lowest BCUT2D eigenvalue weighted by Gasteiger charge is -2.29. The summed E-state index contributed by atoms with van der Waals surface area (Å²) in [7, 11) is 0. The maximum atomic E-state index is 12.4. The van der Waals surface area contributed by atoms with Crippen LogP contribution in [0.2, 0.25) is 0 Å². The number of aromatic amines is 1. The average molecular weight is 335 g/mol. The second-order valence-electron chi connectivity index (χ2n) is 5.73. The van der Waals surface area contributed by atoms with Crippen LogP contribution < -0.4 is 5.32 Å². The molecule has 1 heterocycles. The van der Waals surface area contributed by atoms with E-state index in [9.17, 15) is 4.79 Å². The molecule has 0 spiro atoms. The van der Waals surface area contributed by atoms with E-state index in [4.69, 9.17) is 0 Å². The van der Waals surface area contributed by atoms with Gasteiger partial charge in [-0.1, -0.05) is 41.8 Å². The molecule has 0 unspecified atom stereocenters. The number of rotatable bonds is 2. The summed E-state index contributed by atoms with van der Waals surface area (Å²) < 4.78 is 1.01. The number of benzene rings is 1. The molecule has 1 fully saturated rings. The molecule has 0 saturated heterocycles. The zero-order valence-electron chi connectivity index (χ0n) is 11.6. The molecule has 1 aliphatic carbocycles. The molecule has 1 saturated carbocycles. The molecule has 1 aromatic carbocycles. The number of carbonyl (C=O) groups excluding carboxylic acids is 1. The highest BCUT2D eigenvalue weighted by atomic mass is 79.9. The van der Waals surface area contributed by atoms with E-state index in [1.165, 1.54) is 19.3 Å². The van der Waals surface area contributed by atoms with Crippen molar-refractivity contribution in [2.24, 2.45) is 5.92 Å². The lowest BCUT2D eigenvalue weighted by atomic mass is 9.86. The molecule has 1 amide bonds. The van der Waals surface area contributed by atoms with Crippen molar-refractivity contribution in [2.75, 3.05) is 0 Å². The lowest BCUT2D eigenvalue weighted by molar-refractivity contribution is 0.0906. The maximum absolute atomic E-state index is 12.4. The van der Waals surface area contributed by atoms with Crippen LogP contribution in [-0.4, -0.2) is 16.9 Å². The fourth-order valence-electron chi connectivity index (χ4n) is 3.02. The number of hydrogen-bond donors (Lipinski definition) is 2. The summed E-state index contributed by atoms with van der Waals surface area (Å²) in [6.45, 7) is 2.23. The highest BCUT2D eigenvalue weighted by molar-refractivity contribution is 9.10. The van der Waals surface area contributed by atoms with Crippen molar-refractivity contribution >= 4 is 32.7 Å². The first-order chi connectivity index (χ1) is 9.65. The van der Waals surface area contributed by atoms with Crippen molar-refractivity contribution in [3.05, 3.63) is 34.4 Å². The summed E-state index contributed by atoms with van der Waals surface area (Å²) in [5.41, 5.74) is 1.63. The standard InChI is InChI=1S/C16H19BrN2O/c1-10-5-2-3-7-13(10)19-16(20)15-9-11-12(17)6-4-8-14(11)18-15/h4,6,8-10,13,18H,2-3,5,7H2,1H3,(H,19,20)/t10-,13+/m0/s1. The summed E-state index contributed by atoms with van der Waals surface area (Å²) >= 11 is 3.52. The van der Waals surface area contributed by atoms with Crippen molar-refractivity contribution in [1.82, 2.24) is 10.3 Å². The van der Waals surface area contributed by atoms with E-state index in [1.54, 1.807) is 0 Å². The first kappa shape index (κ1) is 13.7. The molecule has 4 heteroatoms. The fraction of sp³-hybridized carbons (Fsp3) is 0.438. The van der Waals surface area contributed by atoms with Crippen LogP contribution in [0.4, 0.5) is 0 Å². The topological polar surface area (TPSA) is 44.9 Å². The highest BCUT2D eigenvalue weighted by Crippen LogP contribution is 2.26. The van der Waals surface area contributed by atoms with Gasteiger partial charge >= 0.3 is 0 Å². The minimum Gasteiger partial charge on any atom is -0.350 e. The second-order valence-corrected chi connectivity index (χ2v) is 6.58. The molecule has 0 bridgehead atoms. The molecule has 2 aromatic rings. The van der Waals surface area contributed by atoms with Crippen LogP contribution in [0.5, 0.6) is 0 Å². The number of fused-ring (bicyclic) bond motifs is 1.